The van der Waals surface area contributed by atoms with Crippen molar-refractivity contribution in [2.45, 2.75) is 25.3 Å². The van der Waals surface area contributed by atoms with Crippen molar-refractivity contribution in [1.82, 2.24) is 9.88 Å². The lowest BCUT2D eigenvalue weighted by Gasteiger charge is -2.37. The summed E-state index contributed by atoms with van der Waals surface area (Å²) >= 11 is 0. The smallest absolute Gasteiger partial charge is 0.217 e. The molecule has 1 unspecified atom stereocenters. The molecule has 1 aromatic heterocycles. The Bertz CT molecular complexity index is 401. The van der Waals surface area contributed by atoms with E-state index in [0.717, 1.165) is 25.9 Å². The predicted octanol–water partition coefficient (Wildman–Crippen LogP) is 0.669. The van der Waals surface area contributed by atoms with Crippen LogP contribution in [0, 0.1) is 5.92 Å². The van der Waals surface area contributed by atoms with E-state index in [1.54, 1.807) is 12.4 Å². The Kier molecular flexibility index (Phi) is 4.87. The summed E-state index contributed by atoms with van der Waals surface area (Å²) in [5, 5.41) is 0. The molecule has 2 heterocycles. The standard InChI is InChI=1S/C14H22N4O/c15-10-13(12-1-5-17-6-2-12)18-7-3-11(4-8-18)9-14(16)19/h1-2,5-6,11,13H,3-4,7-10,15H2,(H2,16,19). The third kappa shape index (κ3) is 3.75. The van der Waals surface area contributed by atoms with Crippen LogP contribution in [0.3, 0.4) is 0 Å². The number of nitrogens with two attached hydrogens (primary N) is 2. The quantitative estimate of drug-likeness (QED) is 0.816. The first-order valence-electron chi connectivity index (χ1n) is 6.83. The van der Waals surface area contributed by atoms with Gasteiger partial charge in [-0.15, -0.1) is 0 Å². The molecule has 1 aliphatic rings. The number of piperidine rings is 1. The van der Waals surface area contributed by atoms with Crippen LogP contribution in [0.15, 0.2) is 24.5 Å². The van der Waals surface area contributed by atoms with E-state index in [9.17, 15) is 4.79 Å². The summed E-state index contributed by atoms with van der Waals surface area (Å²) in [6.45, 7) is 2.55. The highest BCUT2D eigenvalue weighted by molar-refractivity contribution is 5.73. The fourth-order valence-electron chi connectivity index (χ4n) is 2.83. The first kappa shape index (κ1) is 14.0. The van der Waals surface area contributed by atoms with Crippen LogP contribution < -0.4 is 11.5 Å². The molecule has 0 aliphatic carbocycles. The van der Waals surface area contributed by atoms with Crippen LogP contribution >= 0.6 is 0 Å². The number of pyridine rings is 1. The second-order valence-electron chi connectivity index (χ2n) is 5.18. The molecule has 0 bridgehead atoms. The van der Waals surface area contributed by atoms with Crippen LogP contribution in [0.2, 0.25) is 0 Å². The number of hydrogen-bond donors (Lipinski definition) is 2. The molecule has 0 saturated carbocycles. The van der Waals surface area contributed by atoms with Gasteiger partial charge >= 0.3 is 0 Å². The molecule has 2 rings (SSSR count). The highest BCUT2D eigenvalue weighted by Crippen LogP contribution is 2.27. The van der Waals surface area contributed by atoms with Gasteiger partial charge in [0.1, 0.15) is 0 Å². The van der Waals surface area contributed by atoms with Crippen molar-refractivity contribution >= 4 is 5.91 Å². The van der Waals surface area contributed by atoms with E-state index in [-0.39, 0.29) is 11.9 Å². The summed E-state index contributed by atoms with van der Waals surface area (Å²) in [5.74, 6) is 0.243. The third-order valence-electron chi connectivity index (χ3n) is 3.89. The molecule has 1 saturated heterocycles. The van der Waals surface area contributed by atoms with Crippen LogP contribution in [0.4, 0.5) is 0 Å². The van der Waals surface area contributed by atoms with Crippen molar-refractivity contribution in [3.05, 3.63) is 30.1 Å². The number of carbonyl (C=O) groups is 1. The van der Waals surface area contributed by atoms with Crippen molar-refractivity contribution in [3.8, 4) is 0 Å². The van der Waals surface area contributed by atoms with Gasteiger partial charge in [0.15, 0.2) is 0 Å². The maximum Gasteiger partial charge on any atom is 0.217 e. The number of nitrogens with zero attached hydrogens (tertiary/aromatic N) is 2. The number of likely N-dealkylation sites (tertiary alicyclic amines) is 1. The van der Waals surface area contributed by atoms with Crippen molar-refractivity contribution < 1.29 is 4.79 Å². The van der Waals surface area contributed by atoms with E-state index in [1.807, 2.05) is 12.1 Å². The van der Waals surface area contributed by atoms with Crippen molar-refractivity contribution in [3.63, 3.8) is 0 Å². The molecule has 0 spiro atoms. The average molecular weight is 262 g/mol. The lowest BCUT2D eigenvalue weighted by molar-refractivity contribution is -0.119. The third-order valence-corrected chi connectivity index (χ3v) is 3.89. The van der Waals surface area contributed by atoms with Crippen LogP contribution in [-0.2, 0) is 4.79 Å². The van der Waals surface area contributed by atoms with E-state index >= 15 is 0 Å². The maximum atomic E-state index is 10.9. The Morgan fingerprint density at radius 2 is 2.00 bits per heavy atom. The zero-order chi connectivity index (χ0) is 13.7. The lowest BCUT2D eigenvalue weighted by atomic mass is 9.91. The number of aromatic nitrogens is 1. The van der Waals surface area contributed by atoms with Gasteiger partial charge in [0.2, 0.25) is 5.91 Å². The molecular formula is C14H22N4O. The van der Waals surface area contributed by atoms with Crippen LogP contribution in [0.5, 0.6) is 0 Å². The summed E-state index contributed by atoms with van der Waals surface area (Å²) in [5.41, 5.74) is 12.4. The normalized spacial score (nSPS) is 19.2. The van der Waals surface area contributed by atoms with E-state index < -0.39 is 0 Å². The topological polar surface area (TPSA) is 85.2 Å². The molecule has 1 fully saturated rings. The van der Waals surface area contributed by atoms with Crippen molar-refractivity contribution in [2.75, 3.05) is 19.6 Å². The second-order valence-corrected chi connectivity index (χ2v) is 5.18. The number of primary amides is 1. The SMILES string of the molecule is NCC(c1ccncc1)N1CCC(CC(N)=O)CC1. The molecule has 1 aliphatic heterocycles. The first-order valence-corrected chi connectivity index (χ1v) is 6.83. The van der Waals surface area contributed by atoms with Gasteiger partial charge in [0.05, 0.1) is 0 Å². The fraction of sp³-hybridized carbons (Fsp3) is 0.571. The summed E-state index contributed by atoms with van der Waals surface area (Å²) < 4.78 is 0. The molecule has 0 aromatic carbocycles. The average Bonchev–Trinajstić information content (AvgIpc) is 2.42. The maximum absolute atomic E-state index is 10.9. The Morgan fingerprint density at radius 3 is 2.53 bits per heavy atom. The fourth-order valence-corrected chi connectivity index (χ4v) is 2.83. The van der Waals surface area contributed by atoms with Crippen LogP contribution in [0.1, 0.15) is 30.9 Å². The molecule has 19 heavy (non-hydrogen) atoms. The number of hydrogen-bond acceptors (Lipinski definition) is 4. The van der Waals surface area contributed by atoms with E-state index in [2.05, 4.69) is 9.88 Å². The van der Waals surface area contributed by atoms with Crippen molar-refractivity contribution in [2.24, 2.45) is 17.4 Å². The van der Waals surface area contributed by atoms with Gasteiger partial charge in [-0.2, -0.15) is 0 Å². The number of carbonyl (C=O) groups excluding carboxylic acids is 1. The highest BCUT2D eigenvalue weighted by atomic mass is 16.1. The number of rotatable bonds is 5. The number of amides is 1. The molecule has 1 atom stereocenters. The second kappa shape index (κ2) is 6.63. The summed E-state index contributed by atoms with van der Waals surface area (Å²) in [4.78, 5) is 17.4. The van der Waals surface area contributed by atoms with Crippen molar-refractivity contribution in [1.29, 1.82) is 0 Å². The largest absolute Gasteiger partial charge is 0.370 e. The Labute approximate surface area is 114 Å². The molecule has 1 amide bonds. The zero-order valence-corrected chi connectivity index (χ0v) is 11.2. The first-order chi connectivity index (χ1) is 9.20. The lowest BCUT2D eigenvalue weighted by Crippen LogP contribution is -2.40. The summed E-state index contributed by atoms with van der Waals surface area (Å²) in [6, 6.07) is 4.29. The molecular weight excluding hydrogens is 240 g/mol. The minimum absolute atomic E-state index is 0.192. The van der Waals surface area contributed by atoms with Gasteiger partial charge in [-0.1, -0.05) is 0 Å². The molecule has 5 nitrogen and oxygen atoms in total. The molecule has 5 heteroatoms. The van der Waals surface area contributed by atoms with Crippen LogP contribution in [0.25, 0.3) is 0 Å². The molecule has 1 aromatic rings. The minimum Gasteiger partial charge on any atom is -0.370 e. The van der Waals surface area contributed by atoms with E-state index in [4.69, 9.17) is 11.5 Å². The van der Waals surface area contributed by atoms with Gasteiger partial charge in [0, 0.05) is 31.4 Å². The monoisotopic (exact) mass is 262 g/mol. The van der Waals surface area contributed by atoms with Crippen LogP contribution in [-0.4, -0.2) is 35.4 Å². The Morgan fingerprint density at radius 1 is 1.37 bits per heavy atom. The van der Waals surface area contributed by atoms with Gasteiger partial charge in [-0.25, -0.2) is 0 Å². The minimum atomic E-state index is -0.192. The van der Waals surface area contributed by atoms with E-state index in [1.165, 1.54) is 5.56 Å². The van der Waals surface area contributed by atoms with E-state index in [0.29, 0.717) is 18.9 Å². The highest BCUT2D eigenvalue weighted by Gasteiger charge is 2.25. The molecule has 0 radical (unpaired) electrons. The summed E-state index contributed by atoms with van der Waals surface area (Å²) in [7, 11) is 0. The van der Waals surface area contributed by atoms with Gasteiger partial charge < -0.3 is 11.5 Å². The Balaban J connectivity index is 1.94. The molecule has 4 N–H and O–H groups in total. The van der Waals surface area contributed by atoms with Gasteiger partial charge in [0.25, 0.3) is 0 Å². The zero-order valence-electron chi connectivity index (χ0n) is 11.2. The Hall–Kier alpha value is -1.46. The summed E-state index contributed by atoms with van der Waals surface area (Å²) in [6.07, 6.45) is 6.15. The molecule has 104 valence electrons. The van der Waals surface area contributed by atoms with Gasteiger partial charge in [-0.05, 0) is 49.5 Å². The predicted molar refractivity (Wildman–Crippen MR) is 74.1 cm³/mol. The van der Waals surface area contributed by atoms with Gasteiger partial charge in [-0.3, -0.25) is 14.7 Å².